The van der Waals surface area contributed by atoms with Crippen LogP contribution in [-0.2, 0) is 4.79 Å². The number of hydrogen-bond acceptors (Lipinski definition) is 5. The van der Waals surface area contributed by atoms with Crippen molar-refractivity contribution in [3.05, 3.63) is 54.1 Å². The van der Waals surface area contributed by atoms with Crippen LogP contribution < -0.4 is 4.74 Å². The van der Waals surface area contributed by atoms with Crippen molar-refractivity contribution >= 4 is 17.7 Å². The highest BCUT2D eigenvalue weighted by Gasteiger charge is 2.29. The van der Waals surface area contributed by atoms with Gasteiger partial charge in [-0.2, -0.15) is 0 Å². The first-order valence-corrected chi connectivity index (χ1v) is 11.2. The molecule has 0 saturated heterocycles. The average molecular weight is 423 g/mol. The van der Waals surface area contributed by atoms with Crippen LogP contribution in [0.25, 0.3) is 17.1 Å². The van der Waals surface area contributed by atoms with E-state index in [0.29, 0.717) is 23.6 Å². The largest absolute Gasteiger partial charge is 0.494 e. The van der Waals surface area contributed by atoms with Crippen LogP contribution in [0.1, 0.15) is 25.3 Å². The van der Waals surface area contributed by atoms with Crippen LogP contribution >= 0.6 is 11.8 Å². The van der Waals surface area contributed by atoms with Gasteiger partial charge in [-0.3, -0.25) is 9.36 Å². The highest BCUT2D eigenvalue weighted by Crippen LogP contribution is 2.30. The van der Waals surface area contributed by atoms with E-state index < -0.39 is 0 Å². The van der Waals surface area contributed by atoms with Crippen LogP contribution in [0.15, 0.2) is 53.7 Å². The zero-order chi connectivity index (χ0) is 21.1. The standard InChI is InChI=1S/C23H26N4O2S/c1-4-29-20-12-10-19(11-13-20)27-22(17-7-5-6-16(2)14-17)24-25-23(27)30-15-21(28)26(3)18-8-9-18/h5-7,10-14,18H,4,8-9,15H2,1-3H3. The lowest BCUT2D eigenvalue weighted by molar-refractivity contribution is -0.127. The second kappa shape index (κ2) is 8.92. The highest BCUT2D eigenvalue weighted by molar-refractivity contribution is 7.99. The van der Waals surface area contributed by atoms with Gasteiger partial charge in [-0.1, -0.05) is 35.5 Å². The zero-order valence-electron chi connectivity index (χ0n) is 17.5. The second-order valence-electron chi connectivity index (χ2n) is 7.46. The number of aryl methyl sites for hydroxylation is 1. The third kappa shape index (κ3) is 4.51. The molecule has 0 aliphatic heterocycles. The van der Waals surface area contributed by atoms with Gasteiger partial charge in [0.25, 0.3) is 0 Å². The Hall–Kier alpha value is -2.80. The number of benzene rings is 2. The Bertz CT molecular complexity index is 1030. The first-order valence-electron chi connectivity index (χ1n) is 10.2. The van der Waals surface area contributed by atoms with Crippen LogP contribution in [0.4, 0.5) is 0 Å². The number of rotatable bonds is 8. The number of aromatic nitrogens is 3. The summed E-state index contributed by atoms with van der Waals surface area (Å²) >= 11 is 1.42. The molecular formula is C23H26N4O2S. The molecule has 0 unspecified atom stereocenters. The molecule has 0 spiro atoms. The molecule has 0 bridgehead atoms. The van der Waals surface area contributed by atoms with Crippen molar-refractivity contribution in [1.29, 1.82) is 0 Å². The van der Waals surface area contributed by atoms with Crippen molar-refractivity contribution in [1.82, 2.24) is 19.7 Å². The zero-order valence-corrected chi connectivity index (χ0v) is 18.4. The molecule has 0 N–H and O–H groups in total. The van der Waals surface area contributed by atoms with Gasteiger partial charge in [0.2, 0.25) is 5.91 Å². The quantitative estimate of drug-likeness (QED) is 0.505. The predicted molar refractivity (Wildman–Crippen MR) is 119 cm³/mol. The lowest BCUT2D eigenvalue weighted by Gasteiger charge is -2.16. The molecule has 30 heavy (non-hydrogen) atoms. The summed E-state index contributed by atoms with van der Waals surface area (Å²) in [6.07, 6.45) is 2.21. The molecule has 1 saturated carbocycles. The van der Waals surface area contributed by atoms with E-state index in [1.807, 2.05) is 59.8 Å². The molecule has 6 nitrogen and oxygen atoms in total. The average Bonchev–Trinajstić information content (AvgIpc) is 3.52. The fourth-order valence-corrected chi connectivity index (χ4v) is 4.19. The van der Waals surface area contributed by atoms with Gasteiger partial charge in [0.15, 0.2) is 11.0 Å². The Kier molecular flexibility index (Phi) is 6.08. The Morgan fingerprint density at radius 1 is 1.20 bits per heavy atom. The van der Waals surface area contributed by atoms with Gasteiger partial charge in [0.05, 0.1) is 12.4 Å². The van der Waals surface area contributed by atoms with Gasteiger partial charge in [-0.25, -0.2) is 0 Å². The second-order valence-corrected chi connectivity index (χ2v) is 8.40. The molecule has 2 aromatic carbocycles. The summed E-state index contributed by atoms with van der Waals surface area (Å²) in [5.74, 6) is 2.05. The Balaban J connectivity index is 1.66. The van der Waals surface area contributed by atoms with Gasteiger partial charge in [0.1, 0.15) is 5.75 Å². The Morgan fingerprint density at radius 3 is 2.63 bits per heavy atom. The SMILES string of the molecule is CCOc1ccc(-n2c(SCC(=O)N(C)C3CC3)nnc2-c2cccc(C)c2)cc1. The van der Waals surface area contributed by atoms with Gasteiger partial charge < -0.3 is 9.64 Å². The summed E-state index contributed by atoms with van der Waals surface area (Å²) in [6, 6.07) is 16.5. The maximum atomic E-state index is 12.5. The molecule has 7 heteroatoms. The molecule has 0 atom stereocenters. The molecule has 1 heterocycles. The maximum Gasteiger partial charge on any atom is 0.233 e. The van der Waals surface area contributed by atoms with Gasteiger partial charge >= 0.3 is 0 Å². The molecule has 1 aromatic heterocycles. The van der Waals surface area contributed by atoms with Gasteiger partial charge in [0, 0.05) is 24.3 Å². The predicted octanol–water partition coefficient (Wildman–Crippen LogP) is 4.35. The van der Waals surface area contributed by atoms with Crippen molar-refractivity contribution in [3.63, 3.8) is 0 Å². The summed E-state index contributed by atoms with van der Waals surface area (Å²) in [5.41, 5.74) is 3.08. The third-order valence-electron chi connectivity index (χ3n) is 5.13. The van der Waals surface area contributed by atoms with E-state index in [2.05, 4.69) is 29.3 Å². The molecule has 1 aliphatic carbocycles. The number of thioether (sulfide) groups is 1. The third-order valence-corrected chi connectivity index (χ3v) is 6.04. The number of ether oxygens (including phenoxy) is 1. The monoisotopic (exact) mass is 422 g/mol. The first-order chi connectivity index (χ1) is 14.6. The fourth-order valence-electron chi connectivity index (χ4n) is 3.32. The van der Waals surface area contributed by atoms with Crippen LogP contribution in [-0.4, -0.2) is 51.0 Å². The summed E-state index contributed by atoms with van der Waals surface area (Å²) in [5, 5.41) is 9.59. The molecule has 1 fully saturated rings. The minimum atomic E-state index is 0.126. The van der Waals surface area contributed by atoms with Crippen LogP contribution in [0.2, 0.25) is 0 Å². The van der Waals surface area contributed by atoms with E-state index in [1.54, 1.807) is 0 Å². The molecule has 3 aromatic rings. The van der Waals surface area contributed by atoms with Crippen molar-refractivity contribution in [2.24, 2.45) is 0 Å². The van der Waals surface area contributed by atoms with Gasteiger partial charge in [-0.05, 0) is 57.0 Å². The van der Waals surface area contributed by atoms with E-state index in [0.717, 1.165) is 41.2 Å². The summed E-state index contributed by atoms with van der Waals surface area (Å²) in [6.45, 7) is 4.65. The topological polar surface area (TPSA) is 60.2 Å². The lowest BCUT2D eigenvalue weighted by Crippen LogP contribution is -2.30. The number of nitrogens with zero attached hydrogens (tertiary/aromatic N) is 4. The maximum absolute atomic E-state index is 12.5. The molecule has 1 amide bonds. The normalized spacial score (nSPS) is 13.3. The van der Waals surface area contributed by atoms with Crippen molar-refractivity contribution in [2.75, 3.05) is 19.4 Å². The van der Waals surface area contributed by atoms with E-state index in [4.69, 9.17) is 4.74 Å². The molecule has 156 valence electrons. The molecule has 4 rings (SSSR count). The summed E-state index contributed by atoms with van der Waals surface area (Å²) < 4.78 is 7.59. The number of carbonyl (C=O) groups is 1. The van der Waals surface area contributed by atoms with Crippen LogP contribution in [0.3, 0.4) is 0 Å². The smallest absolute Gasteiger partial charge is 0.233 e. The minimum absolute atomic E-state index is 0.126. The van der Waals surface area contributed by atoms with E-state index in [-0.39, 0.29) is 5.91 Å². The molecule has 1 aliphatic rings. The van der Waals surface area contributed by atoms with Crippen molar-refractivity contribution in [2.45, 2.75) is 37.9 Å². The van der Waals surface area contributed by atoms with Gasteiger partial charge in [-0.15, -0.1) is 10.2 Å². The highest BCUT2D eigenvalue weighted by atomic mass is 32.2. The Labute approximate surface area is 181 Å². The molecule has 0 radical (unpaired) electrons. The van der Waals surface area contributed by atoms with E-state index >= 15 is 0 Å². The number of amides is 1. The van der Waals surface area contributed by atoms with Crippen molar-refractivity contribution in [3.8, 4) is 22.8 Å². The fraction of sp³-hybridized carbons (Fsp3) is 0.348. The van der Waals surface area contributed by atoms with Crippen LogP contribution in [0.5, 0.6) is 5.75 Å². The Morgan fingerprint density at radius 2 is 1.97 bits per heavy atom. The lowest BCUT2D eigenvalue weighted by atomic mass is 10.1. The number of carbonyl (C=O) groups excluding carboxylic acids is 1. The minimum Gasteiger partial charge on any atom is -0.494 e. The summed E-state index contributed by atoms with van der Waals surface area (Å²) in [7, 11) is 1.88. The summed E-state index contributed by atoms with van der Waals surface area (Å²) in [4.78, 5) is 14.4. The van der Waals surface area contributed by atoms with E-state index in [1.165, 1.54) is 11.8 Å². The van der Waals surface area contributed by atoms with Crippen LogP contribution in [0, 0.1) is 6.92 Å². The molecular weight excluding hydrogens is 396 g/mol. The number of hydrogen-bond donors (Lipinski definition) is 0. The van der Waals surface area contributed by atoms with Crippen molar-refractivity contribution < 1.29 is 9.53 Å². The first kappa shape index (κ1) is 20.5. The van der Waals surface area contributed by atoms with E-state index in [9.17, 15) is 4.79 Å².